The summed E-state index contributed by atoms with van der Waals surface area (Å²) in [7, 11) is 0. The third-order valence-corrected chi connectivity index (χ3v) is 7.37. The van der Waals surface area contributed by atoms with Gasteiger partial charge in [-0.3, -0.25) is 4.79 Å². The zero-order valence-electron chi connectivity index (χ0n) is 14.9. The van der Waals surface area contributed by atoms with Crippen molar-refractivity contribution in [3.63, 3.8) is 0 Å². The van der Waals surface area contributed by atoms with Gasteiger partial charge in [-0.25, -0.2) is 0 Å². The van der Waals surface area contributed by atoms with Crippen molar-refractivity contribution in [1.82, 2.24) is 15.0 Å². The molecule has 0 spiro atoms. The predicted octanol–water partition coefficient (Wildman–Crippen LogP) is 4.26. The molecule has 2 aliphatic rings. The van der Waals surface area contributed by atoms with Crippen LogP contribution in [0.25, 0.3) is 11.4 Å². The van der Waals surface area contributed by atoms with Gasteiger partial charge in [0, 0.05) is 35.7 Å². The van der Waals surface area contributed by atoms with E-state index >= 15 is 0 Å². The molecular formula is C19H25N3O2S2. The van der Waals surface area contributed by atoms with Gasteiger partial charge in [0.1, 0.15) is 0 Å². The van der Waals surface area contributed by atoms with Gasteiger partial charge in [0.2, 0.25) is 17.6 Å². The number of nitrogens with zero attached hydrogens (tertiary/aromatic N) is 3. The van der Waals surface area contributed by atoms with Crippen LogP contribution in [0.4, 0.5) is 0 Å². The summed E-state index contributed by atoms with van der Waals surface area (Å²) in [5, 5.41) is 8.83. The lowest BCUT2D eigenvalue weighted by Crippen LogP contribution is -2.41. The molecule has 0 radical (unpaired) electrons. The van der Waals surface area contributed by atoms with E-state index in [4.69, 9.17) is 4.52 Å². The lowest BCUT2D eigenvalue weighted by Gasteiger charge is -2.32. The van der Waals surface area contributed by atoms with Gasteiger partial charge in [-0.2, -0.15) is 16.3 Å². The molecule has 1 saturated carbocycles. The normalized spacial score (nSPS) is 21.4. The van der Waals surface area contributed by atoms with Crippen molar-refractivity contribution in [2.24, 2.45) is 5.92 Å². The number of hydrogen-bond acceptors (Lipinski definition) is 6. The molecule has 2 aromatic rings. The second-order valence-corrected chi connectivity index (χ2v) is 9.36. The van der Waals surface area contributed by atoms with Crippen molar-refractivity contribution in [2.75, 3.05) is 18.8 Å². The summed E-state index contributed by atoms with van der Waals surface area (Å²) in [5.74, 6) is 2.71. The van der Waals surface area contributed by atoms with E-state index in [1.54, 1.807) is 11.3 Å². The topological polar surface area (TPSA) is 59.2 Å². The fourth-order valence-electron chi connectivity index (χ4n) is 3.89. The molecular weight excluding hydrogens is 366 g/mol. The molecule has 1 saturated heterocycles. The third-order valence-electron chi connectivity index (χ3n) is 5.33. The number of amides is 1. The highest BCUT2D eigenvalue weighted by Gasteiger charge is 2.26. The van der Waals surface area contributed by atoms with Crippen LogP contribution in [-0.2, 0) is 11.2 Å². The standard InChI is InChI=1S/C19H25N3O2S2/c23-18(13-26-16-5-1-2-6-16)22-8-3-4-14(11-22)10-17-20-19(21-24-17)15-7-9-25-12-15/h7,9,12,14,16H,1-6,8,10-11,13H2. The second kappa shape index (κ2) is 8.57. The summed E-state index contributed by atoms with van der Waals surface area (Å²) in [4.78, 5) is 19.1. The molecule has 26 heavy (non-hydrogen) atoms. The quantitative estimate of drug-likeness (QED) is 0.736. The van der Waals surface area contributed by atoms with Crippen LogP contribution in [0.1, 0.15) is 44.4 Å². The third kappa shape index (κ3) is 4.49. The Balaban J connectivity index is 1.28. The highest BCUT2D eigenvalue weighted by molar-refractivity contribution is 8.00. The summed E-state index contributed by atoms with van der Waals surface area (Å²) in [6.45, 7) is 1.71. The van der Waals surface area contributed by atoms with E-state index in [0.29, 0.717) is 34.5 Å². The molecule has 0 bridgehead atoms. The fraction of sp³-hybridized carbons (Fsp3) is 0.632. The summed E-state index contributed by atoms with van der Waals surface area (Å²) in [6, 6.07) is 2.00. The summed E-state index contributed by atoms with van der Waals surface area (Å²) >= 11 is 3.49. The zero-order valence-corrected chi connectivity index (χ0v) is 16.6. The first kappa shape index (κ1) is 18.0. The predicted molar refractivity (Wildman–Crippen MR) is 105 cm³/mol. The van der Waals surface area contributed by atoms with Crippen molar-refractivity contribution >= 4 is 29.0 Å². The van der Waals surface area contributed by atoms with Gasteiger partial charge in [-0.15, -0.1) is 11.8 Å². The van der Waals surface area contributed by atoms with E-state index in [1.165, 1.54) is 25.7 Å². The number of likely N-dealkylation sites (tertiary alicyclic amines) is 1. The first-order valence-electron chi connectivity index (χ1n) is 9.52. The molecule has 2 fully saturated rings. The molecule has 3 heterocycles. The number of thioether (sulfide) groups is 1. The lowest BCUT2D eigenvalue weighted by atomic mass is 9.95. The SMILES string of the molecule is O=C(CSC1CCCC1)N1CCCC(Cc2nc(-c3ccsc3)no2)C1. The average molecular weight is 392 g/mol. The van der Waals surface area contributed by atoms with Crippen LogP contribution in [0.15, 0.2) is 21.3 Å². The van der Waals surface area contributed by atoms with Crippen LogP contribution >= 0.6 is 23.1 Å². The fourth-order valence-corrected chi connectivity index (χ4v) is 5.75. The van der Waals surface area contributed by atoms with Gasteiger partial charge in [0.05, 0.1) is 5.75 Å². The Morgan fingerprint density at radius 3 is 3.00 bits per heavy atom. The van der Waals surface area contributed by atoms with Crippen molar-refractivity contribution in [1.29, 1.82) is 0 Å². The molecule has 1 unspecified atom stereocenters. The number of carbonyl (C=O) groups excluding carboxylic acids is 1. The number of piperidine rings is 1. The minimum atomic E-state index is 0.302. The summed E-state index contributed by atoms with van der Waals surface area (Å²) < 4.78 is 5.44. The Labute approximate surface area is 162 Å². The summed E-state index contributed by atoms with van der Waals surface area (Å²) in [5.41, 5.74) is 1.01. The number of rotatable bonds is 6. The van der Waals surface area contributed by atoms with Crippen molar-refractivity contribution in [3.8, 4) is 11.4 Å². The zero-order chi connectivity index (χ0) is 17.8. The van der Waals surface area contributed by atoms with E-state index < -0.39 is 0 Å². The van der Waals surface area contributed by atoms with Gasteiger partial charge >= 0.3 is 0 Å². The number of aromatic nitrogens is 2. The largest absolute Gasteiger partial charge is 0.342 e. The summed E-state index contributed by atoms with van der Waals surface area (Å²) in [6.07, 6.45) is 8.17. The maximum atomic E-state index is 12.6. The minimum absolute atomic E-state index is 0.302. The van der Waals surface area contributed by atoms with Crippen molar-refractivity contribution < 1.29 is 9.32 Å². The van der Waals surface area contributed by atoms with E-state index in [9.17, 15) is 4.79 Å². The molecule has 0 aromatic carbocycles. The maximum absolute atomic E-state index is 12.6. The van der Waals surface area contributed by atoms with E-state index in [2.05, 4.69) is 10.1 Å². The molecule has 4 rings (SSSR count). The van der Waals surface area contributed by atoms with Crippen molar-refractivity contribution in [3.05, 3.63) is 22.7 Å². The van der Waals surface area contributed by atoms with Crippen LogP contribution in [0.3, 0.4) is 0 Å². The Hall–Kier alpha value is -1.34. The molecule has 140 valence electrons. The molecule has 1 atom stereocenters. The number of thiophene rings is 1. The van der Waals surface area contributed by atoms with Crippen LogP contribution in [0.2, 0.25) is 0 Å². The van der Waals surface area contributed by atoms with Crippen LogP contribution < -0.4 is 0 Å². The highest BCUT2D eigenvalue weighted by atomic mass is 32.2. The van der Waals surface area contributed by atoms with E-state index in [1.807, 2.05) is 33.5 Å². The smallest absolute Gasteiger partial charge is 0.232 e. The molecule has 2 aromatic heterocycles. The van der Waals surface area contributed by atoms with Gasteiger partial charge in [-0.1, -0.05) is 18.0 Å². The monoisotopic (exact) mass is 391 g/mol. The second-order valence-electron chi connectivity index (χ2n) is 7.29. The van der Waals surface area contributed by atoms with Crippen LogP contribution in [0.5, 0.6) is 0 Å². The molecule has 1 aliphatic heterocycles. The maximum Gasteiger partial charge on any atom is 0.232 e. The highest BCUT2D eigenvalue weighted by Crippen LogP contribution is 2.30. The Bertz CT molecular complexity index is 710. The van der Waals surface area contributed by atoms with Gasteiger partial charge in [0.15, 0.2) is 0 Å². The Morgan fingerprint density at radius 1 is 1.31 bits per heavy atom. The van der Waals surface area contributed by atoms with Gasteiger partial charge in [-0.05, 0) is 43.0 Å². The molecule has 0 N–H and O–H groups in total. The van der Waals surface area contributed by atoms with Crippen LogP contribution in [0, 0.1) is 5.92 Å². The Kier molecular flexibility index (Phi) is 5.94. The minimum Gasteiger partial charge on any atom is -0.342 e. The Morgan fingerprint density at radius 2 is 2.19 bits per heavy atom. The van der Waals surface area contributed by atoms with E-state index in [-0.39, 0.29) is 0 Å². The number of carbonyl (C=O) groups is 1. The van der Waals surface area contributed by atoms with Crippen molar-refractivity contribution in [2.45, 2.75) is 50.2 Å². The number of hydrogen-bond donors (Lipinski definition) is 0. The lowest BCUT2D eigenvalue weighted by molar-refractivity contribution is -0.130. The first-order chi connectivity index (χ1) is 12.8. The first-order valence-corrected chi connectivity index (χ1v) is 11.5. The molecule has 1 amide bonds. The van der Waals surface area contributed by atoms with E-state index in [0.717, 1.165) is 37.9 Å². The molecule has 7 heteroatoms. The van der Waals surface area contributed by atoms with Crippen LogP contribution in [-0.4, -0.2) is 45.0 Å². The van der Waals surface area contributed by atoms with Gasteiger partial charge < -0.3 is 9.42 Å². The molecule has 1 aliphatic carbocycles. The van der Waals surface area contributed by atoms with Gasteiger partial charge in [0.25, 0.3) is 0 Å². The average Bonchev–Trinajstić information content (AvgIpc) is 3.41. The molecule has 5 nitrogen and oxygen atoms in total.